The van der Waals surface area contributed by atoms with Crippen LogP contribution >= 0.6 is 11.8 Å². The molecule has 1 heterocycles. The maximum absolute atomic E-state index is 13.0. The van der Waals surface area contributed by atoms with Crippen LogP contribution in [0.25, 0.3) is 0 Å². The molecule has 0 spiro atoms. The van der Waals surface area contributed by atoms with Crippen LogP contribution in [0.5, 0.6) is 0 Å². The molecule has 3 N–H and O–H groups in total. The van der Waals surface area contributed by atoms with E-state index in [1.54, 1.807) is 4.57 Å². The summed E-state index contributed by atoms with van der Waals surface area (Å²) in [5, 5.41) is 11.4. The number of anilines is 1. The maximum atomic E-state index is 13.0. The van der Waals surface area contributed by atoms with Gasteiger partial charge in [0.1, 0.15) is 11.1 Å². The summed E-state index contributed by atoms with van der Waals surface area (Å²) >= 11 is 1.31. The molecule has 28 heavy (non-hydrogen) atoms. The van der Waals surface area contributed by atoms with Gasteiger partial charge in [-0.15, -0.1) is 10.2 Å². The first kappa shape index (κ1) is 19.6. The summed E-state index contributed by atoms with van der Waals surface area (Å²) < 4.78 is 1.79. The first-order chi connectivity index (χ1) is 13.5. The second-order valence-electron chi connectivity index (χ2n) is 6.19. The van der Waals surface area contributed by atoms with Gasteiger partial charge < -0.3 is 15.6 Å². The van der Waals surface area contributed by atoms with Gasteiger partial charge in [0.2, 0.25) is 11.8 Å². The zero-order chi connectivity index (χ0) is 19.9. The highest BCUT2D eigenvalue weighted by Gasteiger charge is 2.25. The van der Waals surface area contributed by atoms with E-state index < -0.39 is 5.25 Å². The number of benzene rings is 2. The largest absolute Gasteiger partial charge is 0.370 e. The molecule has 0 saturated heterocycles. The highest BCUT2D eigenvalue weighted by atomic mass is 32.2. The number of hydrogen-bond acceptors (Lipinski definition) is 5. The van der Waals surface area contributed by atoms with Crippen molar-refractivity contribution in [1.29, 1.82) is 0 Å². The molecule has 2 aromatic carbocycles. The minimum absolute atomic E-state index is 0.149. The Labute approximate surface area is 167 Å². The van der Waals surface area contributed by atoms with Crippen LogP contribution in [0, 0.1) is 0 Å². The number of rotatable bonds is 8. The number of nitrogens with zero attached hydrogens (tertiary/aromatic N) is 3. The van der Waals surface area contributed by atoms with Crippen LogP contribution in [0.15, 0.2) is 65.8 Å². The fourth-order valence-corrected chi connectivity index (χ4v) is 3.66. The SMILES string of the molecule is Cn1c(CCC(N)=O)nnc1S[C@@H](C(=O)Nc1ccccc1)c1ccccc1. The Bertz CT molecular complexity index is 944. The molecule has 1 aromatic heterocycles. The number of aryl methyl sites for hydroxylation is 1. The summed E-state index contributed by atoms with van der Waals surface area (Å²) in [5.74, 6) is 0.113. The van der Waals surface area contributed by atoms with Crippen molar-refractivity contribution in [3.05, 3.63) is 72.1 Å². The number of carbonyl (C=O) groups excluding carboxylic acids is 2. The second kappa shape index (κ2) is 9.18. The van der Waals surface area contributed by atoms with Crippen molar-refractivity contribution in [2.75, 3.05) is 5.32 Å². The number of thioether (sulfide) groups is 1. The third-order valence-corrected chi connectivity index (χ3v) is 5.41. The van der Waals surface area contributed by atoms with Gasteiger partial charge in [-0.05, 0) is 17.7 Å². The van der Waals surface area contributed by atoms with Crippen molar-refractivity contribution in [3.8, 4) is 0 Å². The first-order valence-electron chi connectivity index (χ1n) is 8.78. The second-order valence-corrected chi connectivity index (χ2v) is 7.26. The molecule has 0 bridgehead atoms. The minimum atomic E-state index is -0.506. The van der Waals surface area contributed by atoms with Crippen LogP contribution in [0.4, 0.5) is 5.69 Å². The third kappa shape index (κ3) is 4.98. The number of nitrogens with two attached hydrogens (primary N) is 1. The van der Waals surface area contributed by atoms with E-state index in [9.17, 15) is 9.59 Å². The van der Waals surface area contributed by atoms with E-state index in [0.717, 1.165) is 11.3 Å². The Kier molecular flexibility index (Phi) is 6.44. The molecule has 144 valence electrons. The van der Waals surface area contributed by atoms with E-state index >= 15 is 0 Å². The van der Waals surface area contributed by atoms with Crippen LogP contribution in [-0.2, 0) is 23.1 Å². The molecule has 0 unspecified atom stereocenters. The van der Waals surface area contributed by atoms with Crippen molar-refractivity contribution in [3.63, 3.8) is 0 Å². The average Bonchev–Trinajstić information content (AvgIpc) is 3.05. The smallest absolute Gasteiger partial charge is 0.242 e. The lowest BCUT2D eigenvalue weighted by Gasteiger charge is -2.16. The third-order valence-electron chi connectivity index (χ3n) is 4.13. The zero-order valence-corrected chi connectivity index (χ0v) is 16.2. The Morgan fingerprint density at radius 3 is 2.36 bits per heavy atom. The van der Waals surface area contributed by atoms with Gasteiger partial charge in [-0.25, -0.2) is 0 Å². The van der Waals surface area contributed by atoms with Crippen molar-refractivity contribution in [2.45, 2.75) is 23.2 Å². The van der Waals surface area contributed by atoms with Crippen molar-refractivity contribution in [1.82, 2.24) is 14.8 Å². The normalized spacial score (nSPS) is 11.8. The van der Waals surface area contributed by atoms with Gasteiger partial charge in [0.05, 0.1) is 0 Å². The number of carbonyl (C=O) groups is 2. The van der Waals surface area contributed by atoms with Gasteiger partial charge in [0, 0.05) is 25.6 Å². The van der Waals surface area contributed by atoms with E-state index in [1.807, 2.05) is 67.7 Å². The molecule has 7 nitrogen and oxygen atoms in total. The fraction of sp³-hybridized carbons (Fsp3) is 0.200. The maximum Gasteiger partial charge on any atom is 0.242 e. The Morgan fingerprint density at radius 2 is 1.71 bits per heavy atom. The van der Waals surface area contributed by atoms with Gasteiger partial charge >= 0.3 is 0 Å². The van der Waals surface area contributed by atoms with Crippen molar-refractivity contribution < 1.29 is 9.59 Å². The molecule has 3 aromatic rings. The zero-order valence-electron chi connectivity index (χ0n) is 15.4. The molecule has 0 radical (unpaired) electrons. The number of aromatic nitrogens is 3. The molecule has 2 amide bonds. The Balaban J connectivity index is 1.82. The van der Waals surface area contributed by atoms with E-state index in [2.05, 4.69) is 15.5 Å². The van der Waals surface area contributed by atoms with Crippen LogP contribution < -0.4 is 11.1 Å². The number of nitrogens with one attached hydrogen (secondary N) is 1. The summed E-state index contributed by atoms with van der Waals surface area (Å²) in [6.07, 6.45) is 0.610. The number of primary amides is 1. The molecule has 0 fully saturated rings. The average molecular weight is 395 g/mol. The van der Waals surface area contributed by atoms with Crippen LogP contribution in [-0.4, -0.2) is 26.6 Å². The molecule has 0 aliphatic carbocycles. The molecule has 3 rings (SSSR count). The van der Waals surface area contributed by atoms with Crippen molar-refractivity contribution >= 4 is 29.3 Å². The van der Waals surface area contributed by atoms with Gasteiger partial charge in [-0.2, -0.15) is 0 Å². The highest BCUT2D eigenvalue weighted by molar-refractivity contribution is 8.00. The fourth-order valence-electron chi connectivity index (χ4n) is 2.64. The van der Waals surface area contributed by atoms with E-state index in [0.29, 0.717) is 17.4 Å². The van der Waals surface area contributed by atoms with Gasteiger partial charge in [0.15, 0.2) is 5.16 Å². The molecule has 8 heteroatoms. The van der Waals surface area contributed by atoms with E-state index in [4.69, 9.17) is 5.73 Å². The predicted octanol–water partition coefficient (Wildman–Crippen LogP) is 2.71. The quantitative estimate of drug-likeness (QED) is 0.571. The van der Waals surface area contributed by atoms with Gasteiger partial charge in [-0.1, -0.05) is 60.3 Å². The lowest BCUT2D eigenvalue weighted by atomic mass is 10.1. The topological polar surface area (TPSA) is 103 Å². The summed E-state index contributed by atoms with van der Waals surface area (Å²) in [5.41, 5.74) is 6.81. The lowest BCUT2D eigenvalue weighted by molar-refractivity contribution is -0.118. The molecule has 0 aliphatic rings. The molecule has 0 aliphatic heterocycles. The number of amides is 2. The Morgan fingerprint density at radius 1 is 1.07 bits per heavy atom. The molecular weight excluding hydrogens is 374 g/mol. The number of hydrogen-bond donors (Lipinski definition) is 2. The highest BCUT2D eigenvalue weighted by Crippen LogP contribution is 2.35. The molecular formula is C20H21N5O2S. The van der Waals surface area contributed by atoms with E-state index in [1.165, 1.54) is 11.8 Å². The summed E-state index contributed by atoms with van der Waals surface area (Å²) in [4.78, 5) is 24.0. The first-order valence-corrected chi connectivity index (χ1v) is 9.66. The standard InChI is InChI=1S/C20H21N5O2S/c1-25-17(13-12-16(21)26)23-24-20(25)28-18(14-8-4-2-5-9-14)19(27)22-15-10-6-3-7-11-15/h2-11,18H,12-13H2,1H3,(H2,21,26)(H,22,27)/t18-/m1/s1. The lowest BCUT2D eigenvalue weighted by Crippen LogP contribution is -2.19. The van der Waals surface area contributed by atoms with Gasteiger partial charge in [0.25, 0.3) is 0 Å². The summed E-state index contributed by atoms with van der Waals surface area (Å²) in [6, 6.07) is 18.8. The van der Waals surface area contributed by atoms with Crippen LogP contribution in [0.2, 0.25) is 0 Å². The van der Waals surface area contributed by atoms with Crippen LogP contribution in [0.3, 0.4) is 0 Å². The monoisotopic (exact) mass is 395 g/mol. The molecule has 1 atom stereocenters. The van der Waals surface area contributed by atoms with E-state index in [-0.39, 0.29) is 18.2 Å². The predicted molar refractivity (Wildman–Crippen MR) is 109 cm³/mol. The van der Waals surface area contributed by atoms with Gasteiger partial charge in [-0.3, -0.25) is 9.59 Å². The number of para-hydroxylation sites is 1. The summed E-state index contributed by atoms with van der Waals surface area (Å²) in [6.45, 7) is 0. The summed E-state index contributed by atoms with van der Waals surface area (Å²) in [7, 11) is 1.82. The Hall–Kier alpha value is -3.13. The van der Waals surface area contributed by atoms with Crippen molar-refractivity contribution in [2.24, 2.45) is 12.8 Å². The minimum Gasteiger partial charge on any atom is -0.370 e. The molecule has 0 saturated carbocycles. The van der Waals surface area contributed by atoms with Crippen LogP contribution in [0.1, 0.15) is 23.1 Å².